The van der Waals surface area contributed by atoms with E-state index in [1.165, 1.54) is 18.4 Å². The fraction of sp³-hybridized carbons (Fsp3) is 0.364. The van der Waals surface area contributed by atoms with Gasteiger partial charge < -0.3 is 5.32 Å². The van der Waals surface area contributed by atoms with Gasteiger partial charge in [-0.1, -0.05) is 6.07 Å². The lowest BCUT2D eigenvalue weighted by Gasteiger charge is -2.13. The molecular formula is C11H14BrN3O2S. The van der Waals surface area contributed by atoms with Crippen molar-refractivity contribution in [2.75, 3.05) is 31.7 Å². The Morgan fingerprint density at radius 3 is 2.67 bits per heavy atom. The highest BCUT2D eigenvalue weighted by Crippen LogP contribution is 2.23. The first-order valence-electron chi connectivity index (χ1n) is 5.21. The Morgan fingerprint density at radius 1 is 1.44 bits per heavy atom. The Bertz CT molecular complexity index is 564. The molecule has 0 aliphatic carbocycles. The van der Waals surface area contributed by atoms with Crippen LogP contribution >= 0.6 is 15.9 Å². The Hall–Kier alpha value is -1.10. The Balaban J connectivity index is 2.72. The molecule has 0 amide bonds. The second-order valence-corrected chi connectivity index (χ2v) is 6.96. The van der Waals surface area contributed by atoms with Gasteiger partial charge >= 0.3 is 0 Å². The van der Waals surface area contributed by atoms with Crippen LogP contribution in [0.25, 0.3) is 0 Å². The van der Waals surface area contributed by atoms with E-state index in [9.17, 15) is 8.42 Å². The number of nitrogens with one attached hydrogen (secondary N) is 1. The van der Waals surface area contributed by atoms with Crippen LogP contribution in [0.3, 0.4) is 0 Å². The summed E-state index contributed by atoms with van der Waals surface area (Å²) < 4.78 is 25.0. The molecule has 1 rings (SSSR count). The number of hydrogen-bond acceptors (Lipinski definition) is 4. The molecule has 1 N–H and O–H groups in total. The molecule has 0 aliphatic heterocycles. The maximum absolute atomic E-state index is 11.6. The largest absolute Gasteiger partial charge is 0.383 e. The summed E-state index contributed by atoms with van der Waals surface area (Å²) in [7, 11) is -0.231. The highest BCUT2D eigenvalue weighted by atomic mass is 79.9. The third-order valence-corrected chi connectivity index (χ3v) is 4.85. The molecule has 0 bridgehead atoms. The Labute approximate surface area is 116 Å². The van der Waals surface area contributed by atoms with E-state index in [0.717, 1.165) is 0 Å². The minimum atomic E-state index is -3.22. The quantitative estimate of drug-likeness (QED) is 0.889. The first-order valence-corrected chi connectivity index (χ1v) is 7.61. The number of benzene rings is 1. The molecule has 0 saturated carbocycles. The number of halogens is 1. The lowest BCUT2D eigenvalue weighted by atomic mass is 10.2. The van der Waals surface area contributed by atoms with Crippen molar-refractivity contribution in [3.05, 3.63) is 28.2 Å². The van der Waals surface area contributed by atoms with Crippen LogP contribution in [0.4, 0.5) is 5.69 Å². The number of sulfonamides is 1. The number of nitriles is 1. The summed E-state index contributed by atoms with van der Waals surface area (Å²) in [6.07, 6.45) is 0. The topological polar surface area (TPSA) is 73.2 Å². The van der Waals surface area contributed by atoms with E-state index >= 15 is 0 Å². The molecule has 0 fully saturated rings. The summed E-state index contributed by atoms with van der Waals surface area (Å²) in [5.41, 5.74) is 1.10. The first kappa shape index (κ1) is 15.0. The number of rotatable bonds is 5. The average Bonchev–Trinajstić information content (AvgIpc) is 2.29. The van der Waals surface area contributed by atoms with Gasteiger partial charge in [-0.3, -0.25) is 0 Å². The van der Waals surface area contributed by atoms with Crippen LogP contribution in [0.1, 0.15) is 5.56 Å². The Morgan fingerprint density at radius 2 is 2.11 bits per heavy atom. The summed E-state index contributed by atoms with van der Waals surface area (Å²) in [5, 5.41) is 12.0. The van der Waals surface area contributed by atoms with Crippen LogP contribution < -0.4 is 5.32 Å². The fourth-order valence-corrected chi connectivity index (χ4v) is 2.46. The maximum atomic E-state index is 11.6. The van der Waals surface area contributed by atoms with Gasteiger partial charge in [-0.05, 0) is 28.1 Å². The normalized spacial score (nSPS) is 11.3. The second-order valence-electron chi connectivity index (χ2n) is 3.80. The summed E-state index contributed by atoms with van der Waals surface area (Å²) in [5.74, 6) is -0.0165. The van der Waals surface area contributed by atoms with Crippen LogP contribution in [0.15, 0.2) is 22.7 Å². The SMILES string of the molecule is CN(C)S(=O)(=O)CCNc1cccc(Br)c1C#N. The molecule has 18 heavy (non-hydrogen) atoms. The summed E-state index contributed by atoms with van der Waals surface area (Å²) in [4.78, 5) is 0. The third-order valence-electron chi connectivity index (χ3n) is 2.36. The molecule has 1 aromatic rings. The summed E-state index contributed by atoms with van der Waals surface area (Å²) >= 11 is 3.27. The van der Waals surface area contributed by atoms with E-state index < -0.39 is 10.0 Å². The van der Waals surface area contributed by atoms with Crippen molar-refractivity contribution in [3.63, 3.8) is 0 Å². The van der Waals surface area contributed by atoms with E-state index in [1.54, 1.807) is 18.2 Å². The maximum Gasteiger partial charge on any atom is 0.215 e. The fourth-order valence-electron chi connectivity index (χ4n) is 1.28. The molecule has 0 atom stereocenters. The number of nitrogens with zero attached hydrogens (tertiary/aromatic N) is 2. The third kappa shape index (κ3) is 3.70. The van der Waals surface area contributed by atoms with Crippen molar-refractivity contribution in [2.45, 2.75) is 0 Å². The van der Waals surface area contributed by atoms with Gasteiger partial charge in [0.1, 0.15) is 6.07 Å². The average molecular weight is 332 g/mol. The monoisotopic (exact) mass is 331 g/mol. The van der Waals surface area contributed by atoms with Crippen molar-refractivity contribution in [2.24, 2.45) is 0 Å². The highest BCUT2D eigenvalue weighted by Gasteiger charge is 2.13. The number of anilines is 1. The van der Waals surface area contributed by atoms with Crippen LogP contribution in [0.5, 0.6) is 0 Å². The molecule has 0 heterocycles. The van der Waals surface area contributed by atoms with Gasteiger partial charge in [0, 0.05) is 25.1 Å². The van der Waals surface area contributed by atoms with Crippen molar-refractivity contribution >= 4 is 31.6 Å². The zero-order valence-electron chi connectivity index (χ0n) is 10.1. The van der Waals surface area contributed by atoms with E-state index in [4.69, 9.17) is 5.26 Å². The molecule has 0 aromatic heterocycles. The molecule has 5 nitrogen and oxygen atoms in total. The minimum absolute atomic E-state index is 0.0165. The predicted molar refractivity (Wildman–Crippen MR) is 74.8 cm³/mol. The van der Waals surface area contributed by atoms with Crippen molar-refractivity contribution in [1.29, 1.82) is 5.26 Å². The van der Waals surface area contributed by atoms with E-state index in [-0.39, 0.29) is 12.3 Å². The van der Waals surface area contributed by atoms with Gasteiger partial charge in [-0.2, -0.15) is 5.26 Å². The van der Waals surface area contributed by atoms with Crippen LogP contribution in [0, 0.1) is 11.3 Å². The molecule has 98 valence electrons. The van der Waals surface area contributed by atoms with Crippen molar-refractivity contribution in [3.8, 4) is 6.07 Å². The van der Waals surface area contributed by atoms with Gasteiger partial charge in [0.05, 0.1) is 17.0 Å². The van der Waals surface area contributed by atoms with Gasteiger partial charge in [-0.15, -0.1) is 0 Å². The van der Waals surface area contributed by atoms with Gasteiger partial charge in [0.2, 0.25) is 10.0 Å². The molecule has 0 saturated heterocycles. The zero-order valence-corrected chi connectivity index (χ0v) is 12.5. The van der Waals surface area contributed by atoms with Gasteiger partial charge in [-0.25, -0.2) is 12.7 Å². The predicted octanol–water partition coefficient (Wildman–Crippen LogP) is 1.62. The molecule has 0 radical (unpaired) electrons. The van der Waals surface area contributed by atoms with Gasteiger partial charge in [0.25, 0.3) is 0 Å². The number of hydrogen-bond donors (Lipinski definition) is 1. The molecule has 0 aliphatic rings. The van der Waals surface area contributed by atoms with Gasteiger partial charge in [0.15, 0.2) is 0 Å². The lowest BCUT2D eigenvalue weighted by molar-refractivity contribution is 0.521. The highest BCUT2D eigenvalue weighted by molar-refractivity contribution is 9.10. The first-order chi connectivity index (χ1) is 8.38. The molecule has 0 unspecified atom stereocenters. The van der Waals surface area contributed by atoms with E-state index in [1.807, 2.05) is 0 Å². The molecule has 7 heteroatoms. The minimum Gasteiger partial charge on any atom is -0.383 e. The van der Waals surface area contributed by atoms with Crippen molar-refractivity contribution in [1.82, 2.24) is 4.31 Å². The zero-order chi connectivity index (χ0) is 13.8. The summed E-state index contributed by atoms with van der Waals surface area (Å²) in [6, 6.07) is 7.36. The smallest absolute Gasteiger partial charge is 0.215 e. The van der Waals surface area contributed by atoms with Crippen LogP contribution in [-0.4, -0.2) is 39.1 Å². The van der Waals surface area contributed by atoms with Crippen molar-refractivity contribution < 1.29 is 8.42 Å². The van der Waals surface area contributed by atoms with Crippen LogP contribution in [0.2, 0.25) is 0 Å². The van der Waals surface area contributed by atoms with E-state index in [2.05, 4.69) is 27.3 Å². The Kier molecular flexibility index (Phi) is 5.14. The lowest BCUT2D eigenvalue weighted by Crippen LogP contribution is -2.28. The summed E-state index contributed by atoms with van der Waals surface area (Å²) in [6.45, 7) is 0.256. The second kappa shape index (κ2) is 6.18. The van der Waals surface area contributed by atoms with E-state index in [0.29, 0.717) is 15.7 Å². The molecule has 0 spiro atoms. The molecule has 1 aromatic carbocycles. The standard InChI is InChI=1S/C11H14BrN3O2S/c1-15(2)18(16,17)7-6-14-11-5-3-4-10(12)9(11)8-13/h3-5,14H,6-7H2,1-2H3. The van der Waals surface area contributed by atoms with Crippen LogP contribution in [-0.2, 0) is 10.0 Å². The molecular weight excluding hydrogens is 318 g/mol.